The van der Waals surface area contributed by atoms with E-state index in [1.165, 1.54) is 13.1 Å². The molecule has 2 heterocycles. The van der Waals surface area contributed by atoms with Crippen LogP contribution in [0.25, 0.3) is 0 Å². The first-order valence-electron chi connectivity index (χ1n) is 14.3. The number of amides is 1. The third-order valence-electron chi connectivity index (χ3n) is 8.40. The van der Waals surface area contributed by atoms with Gasteiger partial charge in [0.1, 0.15) is 5.82 Å². The summed E-state index contributed by atoms with van der Waals surface area (Å²) in [5.74, 6) is -2.29. The van der Waals surface area contributed by atoms with E-state index in [4.69, 9.17) is 0 Å². The lowest BCUT2D eigenvalue weighted by molar-refractivity contribution is -0.143. The maximum absolute atomic E-state index is 14.1. The molecule has 0 radical (unpaired) electrons. The number of carbonyl (C=O) groups is 1. The number of likely N-dealkylation sites (tertiary alicyclic amines) is 2. The molecule has 1 amide bonds. The topological polar surface area (TPSA) is 26.8 Å². The second-order valence-electron chi connectivity index (χ2n) is 11.5. The van der Waals surface area contributed by atoms with Crippen molar-refractivity contribution in [2.75, 3.05) is 39.8 Å². The third-order valence-corrected chi connectivity index (χ3v) is 8.40. The fraction of sp³-hybridized carbons (Fsp3) is 0.567. The number of carbonyl (C=O) groups excluding carboxylic acids is 1. The molecule has 14 heteroatoms. The quantitative estimate of drug-likeness (QED) is 0.292. The van der Waals surface area contributed by atoms with Gasteiger partial charge in [-0.25, -0.2) is 4.39 Å². The monoisotopic (exact) mass is 641 g/mol. The summed E-state index contributed by atoms with van der Waals surface area (Å²) in [6.07, 6.45) is -11.2. The van der Waals surface area contributed by atoms with Gasteiger partial charge in [-0.1, -0.05) is 12.5 Å². The van der Waals surface area contributed by atoms with E-state index in [2.05, 4.69) is 4.90 Å². The van der Waals surface area contributed by atoms with Gasteiger partial charge in [0, 0.05) is 32.7 Å². The van der Waals surface area contributed by atoms with Crippen molar-refractivity contribution in [1.29, 1.82) is 0 Å². The number of alkyl halides is 9. The van der Waals surface area contributed by atoms with Crippen LogP contribution in [0.5, 0.6) is 0 Å². The maximum atomic E-state index is 14.1. The Balaban J connectivity index is 1.57. The van der Waals surface area contributed by atoms with Gasteiger partial charge in [-0.3, -0.25) is 9.69 Å². The van der Waals surface area contributed by atoms with E-state index in [9.17, 15) is 48.7 Å². The van der Waals surface area contributed by atoms with E-state index >= 15 is 0 Å². The Hall–Kier alpha value is -2.87. The molecule has 0 spiro atoms. The maximum Gasteiger partial charge on any atom is 0.419 e. The summed E-state index contributed by atoms with van der Waals surface area (Å²) in [6, 6.07) is 2.96. The minimum absolute atomic E-state index is 0.0337. The smallest absolute Gasteiger partial charge is 0.344 e. The van der Waals surface area contributed by atoms with Gasteiger partial charge in [0.25, 0.3) is 0 Å². The standard InChI is InChI=1S/C30H33F10N3O/c1-41(27(44)15-19-13-21(28(32,33)34)17-22(14-19)29(35,36)37)18-26(20-5-6-25(31)24(16-20)30(38,39)40)43-11-7-23(8-12-43)42-9-3-2-4-10-42/h5-6,13-14,16-17,23,26H,2-4,7-12,15,18H2,1H3. The molecule has 1 unspecified atom stereocenters. The molecule has 44 heavy (non-hydrogen) atoms. The highest BCUT2D eigenvalue weighted by Crippen LogP contribution is 2.38. The molecule has 0 aromatic heterocycles. The van der Waals surface area contributed by atoms with Gasteiger partial charge in [-0.2, -0.15) is 39.5 Å². The largest absolute Gasteiger partial charge is 0.419 e. The van der Waals surface area contributed by atoms with E-state index < -0.39 is 65.0 Å². The second kappa shape index (κ2) is 13.2. The van der Waals surface area contributed by atoms with Crippen LogP contribution >= 0.6 is 0 Å². The zero-order chi connectivity index (χ0) is 32.4. The Morgan fingerprint density at radius 2 is 1.39 bits per heavy atom. The molecule has 244 valence electrons. The van der Waals surface area contributed by atoms with Crippen LogP contribution in [0.1, 0.15) is 66.0 Å². The van der Waals surface area contributed by atoms with Gasteiger partial charge < -0.3 is 9.80 Å². The minimum atomic E-state index is -5.09. The van der Waals surface area contributed by atoms with Crippen molar-refractivity contribution in [2.45, 2.75) is 69.1 Å². The number of hydrogen-bond acceptors (Lipinski definition) is 3. The molecule has 2 aliphatic rings. The Morgan fingerprint density at radius 1 is 0.818 bits per heavy atom. The number of nitrogens with zero attached hydrogens (tertiary/aromatic N) is 3. The van der Waals surface area contributed by atoms with Gasteiger partial charge in [-0.15, -0.1) is 0 Å². The number of halogens is 10. The third kappa shape index (κ3) is 8.43. The Kier molecular flexibility index (Phi) is 10.2. The van der Waals surface area contributed by atoms with E-state index in [1.54, 1.807) is 0 Å². The van der Waals surface area contributed by atoms with Crippen molar-refractivity contribution in [3.63, 3.8) is 0 Å². The summed E-state index contributed by atoms with van der Waals surface area (Å²) in [4.78, 5) is 18.5. The summed E-state index contributed by atoms with van der Waals surface area (Å²) >= 11 is 0. The number of benzene rings is 2. The van der Waals surface area contributed by atoms with E-state index in [0.29, 0.717) is 50.2 Å². The zero-order valence-electron chi connectivity index (χ0n) is 23.9. The molecular formula is C30H33F10N3O. The van der Waals surface area contributed by atoms with Crippen molar-refractivity contribution >= 4 is 5.91 Å². The van der Waals surface area contributed by atoms with Crippen LogP contribution in [0.3, 0.4) is 0 Å². The van der Waals surface area contributed by atoms with Crippen molar-refractivity contribution in [3.05, 3.63) is 70.0 Å². The van der Waals surface area contributed by atoms with Gasteiger partial charge >= 0.3 is 18.5 Å². The van der Waals surface area contributed by atoms with Crippen molar-refractivity contribution in [2.24, 2.45) is 0 Å². The highest BCUT2D eigenvalue weighted by atomic mass is 19.4. The number of piperidine rings is 2. The first-order chi connectivity index (χ1) is 20.4. The summed E-state index contributed by atoms with van der Waals surface area (Å²) < 4.78 is 135. The molecule has 1 atom stereocenters. The van der Waals surface area contributed by atoms with Gasteiger partial charge in [0.15, 0.2) is 0 Å². The Bertz CT molecular complexity index is 1260. The molecule has 0 saturated carbocycles. The molecule has 2 fully saturated rings. The summed E-state index contributed by atoms with van der Waals surface area (Å²) in [6.45, 7) is 2.64. The van der Waals surface area contributed by atoms with Crippen LogP contribution in [0.15, 0.2) is 36.4 Å². The molecule has 2 aromatic carbocycles. The van der Waals surface area contributed by atoms with Crippen LogP contribution in [0.2, 0.25) is 0 Å². The lowest BCUT2D eigenvalue weighted by Gasteiger charge is -2.43. The molecular weight excluding hydrogens is 608 g/mol. The lowest BCUT2D eigenvalue weighted by Crippen LogP contribution is -2.49. The average molecular weight is 642 g/mol. The normalized spacial score (nSPS) is 18.8. The minimum Gasteiger partial charge on any atom is -0.344 e. The fourth-order valence-corrected chi connectivity index (χ4v) is 6.04. The molecule has 4 nitrogen and oxygen atoms in total. The van der Waals surface area contributed by atoms with Crippen molar-refractivity contribution in [1.82, 2.24) is 14.7 Å². The van der Waals surface area contributed by atoms with E-state index in [1.807, 2.05) is 4.90 Å². The van der Waals surface area contributed by atoms with Crippen molar-refractivity contribution in [3.8, 4) is 0 Å². The van der Waals surface area contributed by atoms with Gasteiger partial charge in [0.2, 0.25) is 5.91 Å². The fourth-order valence-electron chi connectivity index (χ4n) is 6.04. The number of likely N-dealkylation sites (N-methyl/N-ethyl adjacent to an activating group) is 1. The summed E-state index contributed by atoms with van der Waals surface area (Å²) in [5, 5.41) is 0. The molecule has 4 rings (SSSR count). The summed E-state index contributed by atoms with van der Waals surface area (Å²) in [7, 11) is 1.28. The van der Waals surface area contributed by atoms with Crippen LogP contribution in [-0.2, 0) is 29.7 Å². The highest BCUT2D eigenvalue weighted by molar-refractivity contribution is 5.78. The van der Waals surface area contributed by atoms with Gasteiger partial charge in [0.05, 0.1) is 29.2 Å². The van der Waals surface area contributed by atoms with Crippen molar-refractivity contribution < 1.29 is 48.7 Å². The number of hydrogen-bond donors (Lipinski definition) is 0. The van der Waals surface area contributed by atoms with Crippen LogP contribution in [-0.4, -0.2) is 66.4 Å². The van der Waals surface area contributed by atoms with Crippen LogP contribution in [0, 0.1) is 5.82 Å². The summed E-state index contributed by atoms with van der Waals surface area (Å²) in [5.41, 5.74) is -5.01. The predicted octanol–water partition coefficient (Wildman–Crippen LogP) is 7.57. The Labute approximate surface area is 248 Å². The molecule has 2 aliphatic heterocycles. The second-order valence-corrected chi connectivity index (χ2v) is 11.5. The lowest BCUT2D eigenvalue weighted by atomic mass is 9.95. The molecule has 2 aromatic rings. The molecule has 0 N–H and O–H groups in total. The number of rotatable bonds is 7. The SMILES string of the molecule is CN(CC(c1ccc(F)c(C(F)(F)F)c1)N1CCC(N2CCCCC2)CC1)C(=O)Cc1cc(C(F)(F)F)cc(C(F)(F)F)c1. The average Bonchev–Trinajstić information content (AvgIpc) is 2.95. The highest BCUT2D eigenvalue weighted by Gasteiger charge is 2.38. The van der Waals surface area contributed by atoms with E-state index in [0.717, 1.165) is 37.3 Å². The van der Waals surface area contributed by atoms with Gasteiger partial charge in [-0.05, 0) is 80.2 Å². The molecule has 2 saturated heterocycles. The molecule has 0 bridgehead atoms. The molecule has 0 aliphatic carbocycles. The van der Waals surface area contributed by atoms with Crippen LogP contribution < -0.4 is 0 Å². The Morgan fingerprint density at radius 3 is 1.91 bits per heavy atom. The first kappa shape index (κ1) is 34.0. The predicted molar refractivity (Wildman–Crippen MR) is 142 cm³/mol. The van der Waals surface area contributed by atoms with Crippen LogP contribution in [0.4, 0.5) is 43.9 Å². The first-order valence-corrected chi connectivity index (χ1v) is 14.3. The van der Waals surface area contributed by atoms with E-state index in [-0.39, 0.29) is 24.2 Å². The zero-order valence-corrected chi connectivity index (χ0v) is 23.9.